The molecule has 2 aromatic heterocycles. The Kier molecular flexibility index (Phi) is 3.99. The van der Waals surface area contributed by atoms with Crippen molar-refractivity contribution in [2.45, 2.75) is 77.9 Å². The Bertz CT molecular complexity index is 817. The summed E-state index contributed by atoms with van der Waals surface area (Å²) in [5.41, 5.74) is 4.54. The normalized spacial score (nSPS) is 21.8. The number of nitrogens with one attached hydrogen (secondary N) is 1. The van der Waals surface area contributed by atoms with Gasteiger partial charge in [-0.2, -0.15) is 5.10 Å². The van der Waals surface area contributed by atoms with E-state index in [0.717, 1.165) is 43.6 Å². The van der Waals surface area contributed by atoms with Gasteiger partial charge in [-0.3, -0.25) is 9.69 Å². The summed E-state index contributed by atoms with van der Waals surface area (Å²) in [6, 6.07) is 0.912. The van der Waals surface area contributed by atoms with Gasteiger partial charge < -0.3 is 4.98 Å². The lowest BCUT2D eigenvalue weighted by atomic mass is 9.89. The number of aryl methyl sites for hydroxylation is 2. The highest BCUT2D eigenvalue weighted by atomic mass is 16.1. The van der Waals surface area contributed by atoms with E-state index in [9.17, 15) is 4.79 Å². The molecule has 0 bridgehead atoms. The number of pyridine rings is 1. The summed E-state index contributed by atoms with van der Waals surface area (Å²) in [7, 11) is 0. The molecular weight excluding hydrogens is 300 g/mol. The first-order valence-corrected chi connectivity index (χ1v) is 9.52. The molecule has 5 nitrogen and oxygen atoms in total. The molecule has 0 amide bonds. The number of nitrogens with zero attached hydrogens (tertiary/aromatic N) is 3. The van der Waals surface area contributed by atoms with E-state index >= 15 is 0 Å². The molecule has 2 aromatic rings. The Morgan fingerprint density at radius 2 is 1.96 bits per heavy atom. The van der Waals surface area contributed by atoms with Crippen LogP contribution in [-0.4, -0.2) is 32.3 Å². The maximum Gasteiger partial charge on any atom is 0.253 e. The fourth-order valence-corrected chi connectivity index (χ4v) is 4.68. The van der Waals surface area contributed by atoms with Crippen LogP contribution >= 0.6 is 0 Å². The van der Waals surface area contributed by atoms with Crippen molar-refractivity contribution < 1.29 is 0 Å². The number of rotatable bonds is 3. The van der Waals surface area contributed by atoms with E-state index in [2.05, 4.69) is 30.7 Å². The third-order valence-electron chi connectivity index (χ3n) is 5.83. The largest absolute Gasteiger partial charge is 0.307 e. The van der Waals surface area contributed by atoms with Gasteiger partial charge in [0.1, 0.15) is 5.65 Å². The predicted molar refractivity (Wildman–Crippen MR) is 96.5 cm³/mol. The highest BCUT2D eigenvalue weighted by Gasteiger charge is 2.33. The van der Waals surface area contributed by atoms with Crippen molar-refractivity contribution in [1.29, 1.82) is 0 Å². The van der Waals surface area contributed by atoms with Gasteiger partial charge in [0.15, 0.2) is 0 Å². The Morgan fingerprint density at radius 1 is 1.21 bits per heavy atom. The van der Waals surface area contributed by atoms with Crippen molar-refractivity contribution in [3.8, 4) is 0 Å². The van der Waals surface area contributed by atoms with E-state index < -0.39 is 0 Å². The minimum atomic E-state index is 0.102. The molecule has 1 aliphatic carbocycles. The van der Waals surface area contributed by atoms with Crippen molar-refractivity contribution in [2.75, 3.05) is 6.54 Å². The van der Waals surface area contributed by atoms with Crippen LogP contribution in [0.2, 0.25) is 0 Å². The zero-order chi connectivity index (χ0) is 16.8. The van der Waals surface area contributed by atoms with Crippen molar-refractivity contribution in [3.05, 3.63) is 27.2 Å². The summed E-state index contributed by atoms with van der Waals surface area (Å²) in [4.78, 5) is 18.3. The van der Waals surface area contributed by atoms with Crippen molar-refractivity contribution in [2.24, 2.45) is 0 Å². The lowest BCUT2D eigenvalue weighted by Gasteiger charge is -2.27. The Morgan fingerprint density at radius 3 is 2.67 bits per heavy atom. The zero-order valence-corrected chi connectivity index (χ0v) is 15.1. The van der Waals surface area contributed by atoms with Gasteiger partial charge in [0.25, 0.3) is 5.56 Å². The molecule has 4 rings (SSSR count). The van der Waals surface area contributed by atoms with E-state index in [1.165, 1.54) is 35.9 Å². The van der Waals surface area contributed by atoms with E-state index in [1.807, 2.05) is 4.68 Å². The monoisotopic (exact) mass is 328 g/mol. The minimum Gasteiger partial charge on any atom is -0.307 e. The zero-order valence-electron chi connectivity index (χ0n) is 15.1. The van der Waals surface area contributed by atoms with Gasteiger partial charge in [-0.25, -0.2) is 4.68 Å². The average molecular weight is 328 g/mol. The number of H-pyrrole nitrogens is 1. The second-order valence-electron chi connectivity index (χ2n) is 7.53. The standard InChI is InChI=1S/C19H28N4O/c1-4-23-18-16(13-8-5-6-9-14(13)19(24)20-18)17(21-23)15-10-7-11-22(15)12(2)3/h12,15H,4-11H2,1-3H3,(H,20,24). The average Bonchev–Trinajstić information content (AvgIpc) is 3.19. The maximum atomic E-state index is 12.5. The summed E-state index contributed by atoms with van der Waals surface area (Å²) in [6.07, 6.45) is 6.64. The topological polar surface area (TPSA) is 53.9 Å². The van der Waals surface area contributed by atoms with Crippen LogP contribution in [0.25, 0.3) is 11.0 Å². The number of likely N-dealkylation sites (tertiary alicyclic amines) is 1. The number of aromatic nitrogens is 3. The second-order valence-corrected chi connectivity index (χ2v) is 7.53. The Balaban J connectivity index is 1.97. The van der Waals surface area contributed by atoms with Crippen molar-refractivity contribution in [1.82, 2.24) is 19.7 Å². The second kappa shape index (κ2) is 6.03. The van der Waals surface area contributed by atoms with Crippen LogP contribution in [0.5, 0.6) is 0 Å². The van der Waals surface area contributed by atoms with Crippen LogP contribution in [0.3, 0.4) is 0 Å². The summed E-state index contributed by atoms with van der Waals surface area (Å²) in [6.45, 7) is 8.58. The van der Waals surface area contributed by atoms with E-state index in [-0.39, 0.29) is 5.56 Å². The quantitative estimate of drug-likeness (QED) is 0.941. The highest BCUT2D eigenvalue weighted by molar-refractivity contribution is 5.84. The minimum absolute atomic E-state index is 0.102. The number of hydrogen-bond acceptors (Lipinski definition) is 3. The molecule has 1 saturated heterocycles. The van der Waals surface area contributed by atoms with Crippen LogP contribution in [0, 0.1) is 0 Å². The molecule has 0 spiro atoms. The number of hydrogen-bond donors (Lipinski definition) is 1. The first-order valence-electron chi connectivity index (χ1n) is 9.52. The first kappa shape index (κ1) is 15.9. The van der Waals surface area contributed by atoms with Crippen LogP contribution in [0.4, 0.5) is 0 Å². The Labute approximate surface area is 143 Å². The molecule has 0 aromatic carbocycles. The number of aromatic amines is 1. The fraction of sp³-hybridized carbons (Fsp3) is 0.684. The SMILES string of the molecule is CCn1nc(C2CCCN2C(C)C)c2c3c(c(=O)[nH]c21)CCCC3. The van der Waals surface area contributed by atoms with Gasteiger partial charge in [-0.1, -0.05) is 0 Å². The summed E-state index contributed by atoms with van der Waals surface area (Å²) >= 11 is 0. The van der Waals surface area contributed by atoms with Gasteiger partial charge in [-0.15, -0.1) is 0 Å². The smallest absolute Gasteiger partial charge is 0.253 e. The van der Waals surface area contributed by atoms with Crippen LogP contribution < -0.4 is 5.56 Å². The third kappa shape index (κ3) is 2.32. The van der Waals surface area contributed by atoms with Gasteiger partial charge in [0.2, 0.25) is 0 Å². The lowest BCUT2D eigenvalue weighted by molar-refractivity contribution is 0.202. The molecule has 1 atom stereocenters. The molecule has 1 N–H and O–H groups in total. The highest BCUT2D eigenvalue weighted by Crippen LogP contribution is 2.38. The van der Waals surface area contributed by atoms with Gasteiger partial charge >= 0.3 is 0 Å². The van der Waals surface area contributed by atoms with Crippen molar-refractivity contribution in [3.63, 3.8) is 0 Å². The molecule has 1 unspecified atom stereocenters. The van der Waals surface area contributed by atoms with Crippen LogP contribution in [-0.2, 0) is 19.4 Å². The maximum absolute atomic E-state index is 12.5. The first-order chi connectivity index (χ1) is 11.6. The molecule has 2 aliphatic rings. The molecule has 3 heterocycles. The van der Waals surface area contributed by atoms with Crippen LogP contribution in [0.1, 0.15) is 69.3 Å². The van der Waals surface area contributed by atoms with Gasteiger partial charge in [0, 0.05) is 23.5 Å². The molecule has 24 heavy (non-hydrogen) atoms. The van der Waals surface area contributed by atoms with Gasteiger partial charge in [0.05, 0.1) is 11.7 Å². The molecule has 1 fully saturated rings. The molecule has 130 valence electrons. The molecule has 0 radical (unpaired) electrons. The summed E-state index contributed by atoms with van der Waals surface area (Å²) in [5, 5.41) is 6.23. The molecule has 0 saturated carbocycles. The Hall–Kier alpha value is -1.62. The molecular formula is C19H28N4O. The van der Waals surface area contributed by atoms with E-state index in [4.69, 9.17) is 5.10 Å². The third-order valence-corrected chi connectivity index (χ3v) is 5.83. The van der Waals surface area contributed by atoms with E-state index in [0.29, 0.717) is 12.1 Å². The van der Waals surface area contributed by atoms with Crippen LogP contribution in [0.15, 0.2) is 4.79 Å². The van der Waals surface area contributed by atoms with Crippen molar-refractivity contribution >= 4 is 11.0 Å². The molecule has 5 heteroatoms. The fourth-order valence-electron chi connectivity index (χ4n) is 4.68. The number of fused-ring (bicyclic) bond motifs is 3. The lowest BCUT2D eigenvalue weighted by Crippen LogP contribution is -2.30. The van der Waals surface area contributed by atoms with E-state index in [1.54, 1.807) is 0 Å². The molecule has 1 aliphatic heterocycles. The predicted octanol–water partition coefficient (Wildman–Crippen LogP) is 3.17. The summed E-state index contributed by atoms with van der Waals surface area (Å²) < 4.78 is 2.00. The van der Waals surface area contributed by atoms with Gasteiger partial charge in [-0.05, 0) is 71.4 Å². The summed E-state index contributed by atoms with van der Waals surface area (Å²) in [5.74, 6) is 0.